The molecular formula is C16H29N3. The van der Waals surface area contributed by atoms with Crippen molar-refractivity contribution in [2.75, 3.05) is 6.54 Å². The summed E-state index contributed by atoms with van der Waals surface area (Å²) in [6.45, 7) is 15.5. The average molecular weight is 263 g/mol. The van der Waals surface area contributed by atoms with Gasteiger partial charge in [0.1, 0.15) is 0 Å². The van der Waals surface area contributed by atoms with Gasteiger partial charge >= 0.3 is 0 Å². The topological polar surface area (TPSA) is 29.9 Å². The van der Waals surface area contributed by atoms with Crippen LogP contribution in [0.25, 0.3) is 0 Å². The van der Waals surface area contributed by atoms with E-state index >= 15 is 0 Å². The van der Waals surface area contributed by atoms with E-state index in [1.54, 1.807) is 0 Å². The fourth-order valence-electron chi connectivity index (χ4n) is 3.22. The largest absolute Gasteiger partial charge is 0.309 e. The van der Waals surface area contributed by atoms with Gasteiger partial charge < -0.3 is 5.32 Å². The van der Waals surface area contributed by atoms with E-state index in [4.69, 9.17) is 0 Å². The lowest BCUT2D eigenvalue weighted by Gasteiger charge is -2.23. The Labute approximate surface area is 117 Å². The maximum Gasteiger partial charge on any atom is 0.0644 e. The summed E-state index contributed by atoms with van der Waals surface area (Å²) in [7, 11) is 0. The molecule has 0 radical (unpaired) electrons. The van der Waals surface area contributed by atoms with Gasteiger partial charge in [0.2, 0.25) is 0 Å². The van der Waals surface area contributed by atoms with Gasteiger partial charge in [0.15, 0.2) is 0 Å². The van der Waals surface area contributed by atoms with Gasteiger partial charge in [0.25, 0.3) is 0 Å². The van der Waals surface area contributed by atoms with E-state index in [0.29, 0.717) is 11.5 Å². The molecule has 0 aliphatic heterocycles. The molecule has 1 aromatic heterocycles. The van der Waals surface area contributed by atoms with Gasteiger partial charge in [-0.1, -0.05) is 13.8 Å². The quantitative estimate of drug-likeness (QED) is 0.849. The minimum absolute atomic E-state index is 0.400. The zero-order chi connectivity index (χ0) is 14.2. The van der Waals surface area contributed by atoms with Crippen LogP contribution in [-0.4, -0.2) is 16.3 Å². The molecule has 2 rings (SSSR count). The van der Waals surface area contributed by atoms with Crippen molar-refractivity contribution in [3.63, 3.8) is 0 Å². The molecule has 1 N–H and O–H groups in total. The highest BCUT2D eigenvalue weighted by Gasteiger charge is 2.45. The predicted octanol–water partition coefficient (Wildman–Crippen LogP) is 3.61. The summed E-state index contributed by atoms with van der Waals surface area (Å²) in [4.78, 5) is 0. The highest BCUT2D eigenvalue weighted by Crippen LogP contribution is 2.51. The van der Waals surface area contributed by atoms with Crippen LogP contribution in [0.4, 0.5) is 0 Å². The molecule has 1 unspecified atom stereocenters. The number of rotatable bonds is 6. The minimum Gasteiger partial charge on any atom is -0.309 e. The lowest BCUT2D eigenvalue weighted by molar-refractivity contribution is 0.324. The molecule has 0 bridgehead atoms. The van der Waals surface area contributed by atoms with E-state index in [1.165, 1.54) is 29.8 Å². The molecule has 1 aromatic rings. The van der Waals surface area contributed by atoms with Gasteiger partial charge in [-0.2, -0.15) is 5.10 Å². The second-order valence-corrected chi connectivity index (χ2v) is 6.52. The highest BCUT2D eigenvalue weighted by molar-refractivity contribution is 5.27. The van der Waals surface area contributed by atoms with E-state index in [2.05, 4.69) is 56.6 Å². The number of hydrogen-bond acceptors (Lipinski definition) is 2. The molecule has 0 amide bonds. The Hall–Kier alpha value is -0.830. The Bertz CT molecular complexity index is 441. The second-order valence-electron chi connectivity index (χ2n) is 6.52. The van der Waals surface area contributed by atoms with Crippen LogP contribution in [0.15, 0.2) is 0 Å². The number of aryl methyl sites for hydroxylation is 2. The molecule has 0 aromatic carbocycles. The summed E-state index contributed by atoms with van der Waals surface area (Å²) in [6.07, 6.45) is 2.77. The van der Waals surface area contributed by atoms with Gasteiger partial charge in [-0.25, -0.2) is 0 Å². The molecule has 1 aliphatic carbocycles. The molecular weight excluding hydrogens is 234 g/mol. The fourth-order valence-corrected chi connectivity index (χ4v) is 3.22. The van der Waals surface area contributed by atoms with Gasteiger partial charge in [-0.15, -0.1) is 0 Å². The van der Waals surface area contributed by atoms with Crippen molar-refractivity contribution in [3.8, 4) is 0 Å². The summed E-state index contributed by atoms with van der Waals surface area (Å²) in [5.74, 6) is 0.785. The summed E-state index contributed by atoms with van der Waals surface area (Å²) < 4.78 is 2.11. The third-order valence-corrected chi connectivity index (χ3v) is 5.05. The zero-order valence-corrected chi connectivity index (χ0v) is 13.4. The Morgan fingerprint density at radius 1 is 1.26 bits per heavy atom. The molecule has 1 fully saturated rings. The number of nitrogens with one attached hydrogen (secondary N) is 1. The van der Waals surface area contributed by atoms with Gasteiger partial charge in [-0.05, 0) is 51.9 Å². The van der Waals surface area contributed by atoms with E-state index in [-0.39, 0.29) is 0 Å². The van der Waals surface area contributed by atoms with Crippen LogP contribution < -0.4 is 5.32 Å². The Kier molecular flexibility index (Phi) is 4.05. The van der Waals surface area contributed by atoms with Crippen LogP contribution in [-0.2, 0) is 6.54 Å². The SMILES string of the molecule is CCn1nc(C)c(C(C)NCC2(C(C)C)CC2)c1C. The van der Waals surface area contributed by atoms with E-state index in [9.17, 15) is 0 Å². The first-order chi connectivity index (χ1) is 8.91. The molecule has 1 aliphatic rings. The van der Waals surface area contributed by atoms with Crippen molar-refractivity contribution in [2.24, 2.45) is 11.3 Å². The summed E-state index contributed by atoms with van der Waals surface area (Å²) in [5.41, 5.74) is 4.45. The maximum atomic E-state index is 4.62. The third kappa shape index (κ3) is 2.71. The second kappa shape index (κ2) is 5.28. The van der Waals surface area contributed by atoms with Crippen molar-refractivity contribution < 1.29 is 0 Å². The number of hydrogen-bond donors (Lipinski definition) is 1. The summed E-state index contributed by atoms with van der Waals surface area (Å²) in [5, 5.41) is 8.37. The average Bonchev–Trinajstić information content (AvgIpc) is 3.09. The summed E-state index contributed by atoms with van der Waals surface area (Å²) in [6, 6.07) is 0.400. The molecule has 3 heteroatoms. The van der Waals surface area contributed by atoms with Gasteiger partial charge in [0.05, 0.1) is 5.69 Å². The zero-order valence-electron chi connectivity index (χ0n) is 13.4. The first-order valence-electron chi connectivity index (χ1n) is 7.68. The number of aromatic nitrogens is 2. The molecule has 1 heterocycles. The maximum absolute atomic E-state index is 4.62. The van der Waals surface area contributed by atoms with E-state index in [0.717, 1.165) is 19.0 Å². The van der Waals surface area contributed by atoms with Crippen LogP contribution >= 0.6 is 0 Å². The molecule has 0 saturated heterocycles. The highest BCUT2D eigenvalue weighted by atomic mass is 15.3. The van der Waals surface area contributed by atoms with Crippen molar-refractivity contribution >= 4 is 0 Å². The molecule has 108 valence electrons. The minimum atomic E-state index is 0.400. The van der Waals surface area contributed by atoms with Crippen molar-refractivity contribution in [1.29, 1.82) is 0 Å². The first kappa shape index (κ1) is 14.6. The van der Waals surface area contributed by atoms with Crippen LogP contribution in [0.5, 0.6) is 0 Å². The Morgan fingerprint density at radius 3 is 2.32 bits per heavy atom. The van der Waals surface area contributed by atoms with Gasteiger partial charge in [0, 0.05) is 30.4 Å². The number of nitrogens with zero attached hydrogens (tertiary/aromatic N) is 2. The van der Waals surface area contributed by atoms with Crippen LogP contribution in [0.1, 0.15) is 63.5 Å². The van der Waals surface area contributed by atoms with E-state index in [1.807, 2.05) is 0 Å². The molecule has 1 atom stereocenters. The predicted molar refractivity (Wildman–Crippen MR) is 80.3 cm³/mol. The van der Waals surface area contributed by atoms with Crippen LogP contribution in [0.3, 0.4) is 0 Å². The molecule has 19 heavy (non-hydrogen) atoms. The third-order valence-electron chi connectivity index (χ3n) is 5.05. The Morgan fingerprint density at radius 2 is 1.89 bits per heavy atom. The molecule has 1 saturated carbocycles. The van der Waals surface area contributed by atoms with Crippen molar-refractivity contribution in [2.45, 2.75) is 67.0 Å². The molecule has 0 spiro atoms. The lowest BCUT2D eigenvalue weighted by Crippen LogP contribution is -2.30. The first-order valence-corrected chi connectivity index (χ1v) is 7.68. The van der Waals surface area contributed by atoms with Gasteiger partial charge in [-0.3, -0.25) is 4.68 Å². The molecule has 3 nitrogen and oxygen atoms in total. The lowest BCUT2D eigenvalue weighted by atomic mass is 9.92. The fraction of sp³-hybridized carbons (Fsp3) is 0.812. The van der Waals surface area contributed by atoms with E-state index < -0.39 is 0 Å². The van der Waals surface area contributed by atoms with Crippen molar-refractivity contribution in [3.05, 3.63) is 17.0 Å². The standard InChI is InChI=1S/C16H29N3/c1-7-19-14(6)15(13(5)18-19)12(4)17-10-16(8-9-16)11(2)3/h11-12,17H,7-10H2,1-6H3. The smallest absolute Gasteiger partial charge is 0.0644 e. The normalized spacial score (nSPS) is 18.9. The van der Waals surface area contributed by atoms with Crippen molar-refractivity contribution in [1.82, 2.24) is 15.1 Å². The monoisotopic (exact) mass is 263 g/mol. The summed E-state index contributed by atoms with van der Waals surface area (Å²) >= 11 is 0. The van der Waals surface area contributed by atoms with Crippen LogP contribution in [0.2, 0.25) is 0 Å². The Balaban J connectivity index is 2.04. The van der Waals surface area contributed by atoms with Crippen LogP contribution in [0, 0.1) is 25.2 Å².